The van der Waals surface area contributed by atoms with Gasteiger partial charge in [0.05, 0.1) is 5.41 Å². The lowest BCUT2D eigenvalue weighted by Crippen LogP contribution is -2.49. The van der Waals surface area contributed by atoms with Gasteiger partial charge in [0.25, 0.3) is 0 Å². The van der Waals surface area contributed by atoms with E-state index in [1.165, 1.54) is 0 Å². The molecule has 3 fully saturated rings. The van der Waals surface area contributed by atoms with Gasteiger partial charge < -0.3 is 23.7 Å². The number of hydrogen-bond acceptors (Lipinski definition) is 7. The molecule has 3 aliphatic rings. The lowest BCUT2D eigenvalue weighted by Gasteiger charge is -2.32. The van der Waals surface area contributed by atoms with Gasteiger partial charge in [-0.2, -0.15) is 0 Å². The number of carbonyl (C=O) groups is 2. The number of rotatable bonds is 3. The minimum Gasteiger partial charge on any atom is -0.457 e. The zero-order valence-corrected chi connectivity index (χ0v) is 14.2. The Hall–Kier alpha value is -1.18. The highest BCUT2D eigenvalue weighted by Crippen LogP contribution is 2.40. The molecule has 0 aliphatic carbocycles. The molecule has 0 amide bonds. The van der Waals surface area contributed by atoms with Crippen LogP contribution in [0.5, 0.6) is 0 Å². The van der Waals surface area contributed by atoms with E-state index < -0.39 is 47.7 Å². The summed E-state index contributed by atoms with van der Waals surface area (Å²) in [6, 6.07) is 0. The van der Waals surface area contributed by atoms with Crippen molar-refractivity contribution in [2.75, 3.05) is 0 Å². The molecule has 23 heavy (non-hydrogen) atoms. The predicted octanol–water partition coefficient (Wildman–Crippen LogP) is 1.53. The Morgan fingerprint density at radius 1 is 1.30 bits per heavy atom. The molecule has 0 radical (unpaired) electrons. The van der Waals surface area contributed by atoms with E-state index in [-0.39, 0.29) is 6.10 Å². The Bertz CT molecular complexity index is 513. The number of esters is 2. The maximum atomic E-state index is 12.3. The fourth-order valence-electron chi connectivity index (χ4n) is 2.95. The van der Waals surface area contributed by atoms with E-state index >= 15 is 0 Å². The van der Waals surface area contributed by atoms with Gasteiger partial charge in [-0.15, -0.1) is 0 Å². The minimum atomic E-state index is -1.05. The molecule has 7 nitrogen and oxygen atoms in total. The molecule has 0 saturated carbocycles. The first-order chi connectivity index (χ1) is 10.6. The van der Waals surface area contributed by atoms with Crippen LogP contribution < -0.4 is 0 Å². The van der Waals surface area contributed by atoms with Crippen LogP contribution in [0.25, 0.3) is 0 Å². The molecule has 5 atom stereocenters. The third-order valence-corrected chi connectivity index (χ3v) is 4.73. The Balaban J connectivity index is 1.71. The average molecular weight is 328 g/mol. The van der Waals surface area contributed by atoms with Crippen molar-refractivity contribution in [3.63, 3.8) is 0 Å². The summed E-state index contributed by atoms with van der Waals surface area (Å²) < 4.78 is 28.0. The van der Waals surface area contributed by atoms with E-state index in [1.54, 1.807) is 27.7 Å². The minimum absolute atomic E-state index is 0.291. The van der Waals surface area contributed by atoms with Crippen molar-refractivity contribution in [3.05, 3.63) is 0 Å². The van der Waals surface area contributed by atoms with Gasteiger partial charge in [-0.1, -0.05) is 6.92 Å². The van der Waals surface area contributed by atoms with Gasteiger partial charge in [-0.05, 0) is 34.1 Å². The number of hydrogen-bond donors (Lipinski definition) is 0. The van der Waals surface area contributed by atoms with Crippen LogP contribution in [0.4, 0.5) is 0 Å². The molecule has 0 aromatic carbocycles. The molecular formula is C16H24O7. The Kier molecular flexibility index (Phi) is 3.93. The molecule has 7 heteroatoms. The molecular weight excluding hydrogens is 304 g/mol. The first-order valence-corrected chi connectivity index (χ1v) is 8.05. The quantitative estimate of drug-likeness (QED) is 0.727. The van der Waals surface area contributed by atoms with E-state index in [0.717, 1.165) is 0 Å². The molecule has 0 spiro atoms. The third kappa shape index (κ3) is 2.97. The van der Waals surface area contributed by atoms with Crippen molar-refractivity contribution < 1.29 is 33.3 Å². The summed E-state index contributed by atoms with van der Waals surface area (Å²) >= 11 is 0. The Morgan fingerprint density at radius 2 is 2.00 bits per heavy atom. The van der Waals surface area contributed by atoms with Gasteiger partial charge in [0.1, 0.15) is 18.3 Å². The first kappa shape index (κ1) is 16.7. The molecule has 3 saturated heterocycles. The van der Waals surface area contributed by atoms with E-state index in [1.807, 2.05) is 6.92 Å². The van der Waals surface area contributed by atoms with Crippen molar-refractivity contribution >= 4 is 11.9 Å². The smallest absolute Gasteiger partial charge is 0.350 e. The maximum Gasteiger partial charge on any atom is 0.350 e. The zero-order chi connectivity index (χ0) is 17.0. The van der Waals surface area contributed by atoms with Crippen molar-refractivity contribution in [1.29, 1.82) is 0 Å². The summed E-state index contributed by atoms with van der Waals surface area (Å²) in [5.74, 6) is -1.74. The summed E-state index contributed by atoms with van der Waals surface area (Å²) in [5.41, 5.74) is -0.662. The number of fused-ring (bicyclic) bond motifs is 2. The van der Waals surface area contributed by atoms with Gasteiger partial charge in [-0.3, -0.25) is 4.79 Å². The Morgan fingerprint density at radius 3 is 2.65 bits per heavy atom. The second-order valence-corrected chi connectivity index (χ2v) is 7.42. The molecule has 0 aromatic heterocycles. The van der Waals surface area contributed by atoms with Crippen LogP contribution in [0.1, 0.15) is 47.5 Å². The fourth-order valence-corrected chi connectivity index (χ4v) is 2.95. The SMILES string of the molecule is CCC(C)(C)C(=O)OC1C(=O)OC2CC3OC(C)(C)OC3OC21. The normalized spacial score (nSPS) is 38.7. The second-order valence-electron chi connectivity index (χ2n) is 7.42. The van der Waals surface area contributed by atoms with Crippen molar-refractivity contribution in [1.82, 2.24) is 0 Å². The van der Waals surface area contributed by atoms with E-state index in [4.69, 9.17) is 23.7 Å². The second kappa shape index (κ2) is 5.43. The molecule has 5 unspecified atom stereocenters. The summed E-state index contributed by atoms with van der Waals surface area (Å²) in [5, 5.41) is 0. The standard InChI is InChI=1S/C16H24O7/c1-6-15(2,3)14(18)21-11-10-8(19-12(11)17)7-9-13(20-10)23-16(4,5)22-9/h8-11,13H,6-7H2,1-5H3. The number of carbonyl (C=O) groups excluding carboxylic acids is 2. The van der Waals surface area contributed by atoms with Gasteiger partial charge in [0, 0.05) is 6.42 Å². The zero-order valence-electron chi connectivity index (χ0n) is 14.2. The van der Waals surface area contributed by atoms with Gasteiger partial charge in [0.2, 0.25) is 6.10 Å². The monoisotopic (exact) mass is 328 g/mol. The molecule has 3 heterocycles. The summed E-state index contributed by atoms with van der Waals surface area (Å²) in [7, 11) is 0. The number of ether oxygens (including phenoxy) is 5. The van der Waals surface area contributed by atoms with Crippen LogP contribution in [0, 0.1) is 5.41 Å². The molecule has 3 rings (SSSR count). The predicted molar refractivity (Wildman–Crippen MR) is 77.1 cm³/mol. The highest BCUT2D eigenvalue weighted by atomic mass is 16.8. The lowest BCUT2D eigenvalue weighted by atomic mass is 9.90. The van der Waals surface area contributed by atoms with E-state index in [0.29, 0.717) is 12.8 Å². The lowest BCUT2D eigenvalue weighted by molar-refractivity contribution is -0.230. The van der Waals surface area contributed by atoms with Crippen molar-refractivity contribution in [2.45, 2.75) is 84.0 Å². The van der Waals surface area contributed by atoms with Gasteiger partial charge in [-0.25, -0.2) is 4.79 Å². The van der Waals surface area contributed by atoms with Crippen LogP contribution >= 0.6 is 0 Å². The van der Waals surface area contributed by atoms with E-state index in [2.05, 4.69) is 0 Å². The fraction of sp³-hybridized carbons (Fsp3) is 0.875. The highest BCUT2D eigenvalue weighted by molar-refractivity contribution is 5.84. The van der Waals surface area contributed by atoms with Crippen LogP contribution in [0.3, 0.4) is 0 Å². The maximum absolute atomic E-state index is 12.3. The van der Waals surface area contributed by atoms with Crippen LogP contribution in [0.15, 0.2) is 0 Å². The van der Waals surface area contributed by atoms with Gasteiger partial charge in [0.15, 0.2) is 12.1 Å². The molecule has 0 N–H and O–H groups in total. The van der Waals surface area contributed by atoms with Crippen molar-refractivity contribution in [2.24, 2.45) is 5.41 Å². The van der Waals surface area contributed by atoms with Crippen LogP contribution in [0.2, 0.25) is 0 Å². The topological polar surface area (TPSA) is 80.3 Å². The molecule has 130 valence electrons. The van der Waals surface area contributed by atoms with Gasteiger partial charge >= 0.3 is 11.9 Å². The third-order valence-electron chi connectivity index (χ3n) is 4.73. The molecule has 0 bridgehead atoms. The summed E-state index contributed by atoms with van der Waals surface area (Å²) in [4.78, 5) is 24.3. The summed E-state index contributed by atoms with van der Waals surface area (Å²) in [6.07, 6.45) is -1.98. The average Bonchev–Trinajstić information content (AvgIpc) is 2.91. The molecule has 3 aliphatic heterocycles. The summed E-state index contributed by atoms with van der Waals surface area (Å²) in [6.45, 7) is 9.06. The van der Waals surface area contributed by atoms with Crippen LogP contribution in [-0.4, -0.2) is 48.4 Å². The largest absolute Gasteiger partial charge is 0.457 e. The Labute approximate surface area is 135 Å². The van der Waals surface area contributed by atoms with Crippen LogP contribution in [-0.2, 0) is 33.3 Å². The highest BCUT2D eigenvalue weighted by Gasteiger charge is 2.58. The first-order valence-electron chi connectivity index (χ1n) is 8.05. The van der Waals surface area contributed by atoms with Crippen molar-refractivity contribution in [3.8, 4) is 0 Å². The molecule has 0 aromatic rings. The van der Waals surface area contributed by atoms with E-state index in [9.17, 15) is 9.59 Å².